The summed E-state index contributed by atoms with van der Waals surface area (Å²) in [6, 6.07) is 12.6. The molecule has 0 unspecified atom stereocenters. The summed E-state index contributed by atoms with van der Waals surface area (Å²) in [5.74, 6) is 0.854. The highest BCUT2D eigenvalue weighted by molar-refractivity contribution is 5.82. The Morgan fingerprint density at radius 1 is 1.00 bits per heavy atom. The van der Waals surface area contributed by atoms with E-state index < -0.39 is 0 Å². The van der Waals surface area contributed by atoms with Gasteiger partial charge in [0.1, 0.15) is 5.75 Å². The first-order valence-corrected chi connectivity index (χ1v) is 9.36. The van der Waals surface area contributed by atoms with Crippen molar-refractivity contribution in [3.05, 3.63) is 59.3 Å². The van der Waals surface area contributed by atoms with Crippen molar-refractivity contribution < 1.29 is 4.74 Å². The van der Waals surface area contributed by atoms with Crippen molar-refractivity contribution in [3.63, 3.8) is 0 Å². The molecule has 1 aliphatic rings. The molecule has 2 aromatic heterocycles. The molecule has 1 aromatic carbocycles. The van der Waals surface area contributed by atoms with Crippen LogP contribution in [0.15, 0.2) is 42.5 Å². The van der Waals surface area contributed by atoms with Crippen LogP contribution in [-0.4, -0.2) is 42.1 Å². The minimum absolute atomic E-state index is 0.779. The number of nitrogens with zero attached hydrogens (tertiary/aromatic N) is 3. The highest BCUT2D eigenvalue weighted by Gasteiger charge is 2.15. The van der Waals surface area contributed by atoms with Gasteiger partial charge in [-0.3, -0.25) is 0 Å². The number of rotatable bonds is 3. The van der Waals surface area contributed by atoms with Crippen molar-refractivity contribution in [3.8, 4) is 17.0 Å². The molecule has 138 valence electrons. The van der Waals surface area contributed by atoms with Gasteiger partial charge in [0.25, 0.3) is 0 Å². The number of ether oxygens (including phenoxy) is 1. The Labute approximate surface area is 160 Å². The second kappa shape index (κ2) is 7.12. The lowest BCUT2D eigenvalue weighted by Gasteiger charge is -2.22. The van der Waals surface area contributed by atoms with Crippen LogP contribution in [-0.2, 0) is 0 Å². The normalized spacial score (nSPS) is 15.0. The summed E-state index contributed by atoms with van der Waals surface area (Å²) < 4.78 is 5.63. The number of pyridine rings is 2. The monoisotopic (exact) mass is 359 g/mol. The number of hydrogen-bond acceptors (Lipinski definition) is 4. The van der Waals surface area contributed by atoms with Gasteiger partial charge >= 0.3 is 0 Å². The first-order valence-electron chi connectivity index (χ1n) is 9.36. The summed E-state index contributed by atoms with van der Waals surface area (Å²) in [6.07, 6.45) is 3.37. The third-order valence-corrected chi connectivity index (χ3v) is 5.14. The van der Waals surface area contributed by atoms with Gasteiger partial charge in [-0.05, 0) is 74.3 Å². The second-order valence-corrected chi connectivity index (χ2v) is 7.35. The van der Waals surface area contributed by atoms with Gasteiger partial charge in [0.15, 0.2) is 5.65 Å². The summed E-state index contributed by atoms with van der Waals surface area (Å²) in [6.45, 7) is 6.22. The lowest BCUT2D eigenvalue weighted by molar-refractivity contribution is 0.372. The molecule has 0 spiro atoms. The van der Waals surface area contributed by atoms with Crippen molar-refractivity contribution in [2.24, 2.45) is 0 Å². The molecule has 27 heavy (non-hydrogen) atoms. The number of methoxy groups -OCH3 is 1. The van der Waals surface area contributed by atoms with Crippen LogP contribution < -0.4 is 4.74 Å². The summed E-state index contributed by atoms with van der Waals surface area (Å²) in [4.78, 5) is 12.1. The maximum absolute atomic E-state index is 5.63. The van der Waals surface area contributed by atoms with E-state index in [-0.39, 0.29) is 0 Å². The fourth-order valence-corrected chi connectivity index (χ4v) is 3.81. The zero-order chi connectivity index (χ0) is 19.0. The number of likely N-dealkylation sites (N-methyl/N-ethyl adjacent to an activating group) is 1. The minimum atomic E-state index is 0.779. The average molecular weight is 359 g/mol. The molecule has 0 fully saturated rings. The van der Waals surface area contributed by atoms with Crippen molar-refractivity contribution >= 4 is 16.6 Å². The average Bonchev–Trinajstić information content (AvgIpc) is 2.66. The fourth-order valence-electron chi connectivity index (χ4n) is 3.81. The SMILES string of the molecule is COc1cc(C)cc(C)c1-c1ccc2ccc(C3=CCCN(C)C3)nc2n1. The van der Waals surface area contributed by atoms with Crippen LogP contribution in [0.4, 0.5) is 0 Å². The van der Waals surface area contributed by atoms with E-state index in [1.165, 1.54) is 11.1 Å². The molecule has 4 nitrogen and oxygen atoms in total. The van der Waals surface area contributed by atoms with Crippen molar-refractivity contribution in [1.82, 2.24) is 14.9 Å². The smallest absolute Gasteiger partial charge is 0.160 e. The zero-order valence-electron chi connectivity index (χ0n) is 16.4. The third kappa shape index (κ3) is 3.45. The van der Waals surface area contributed by atoms with Crippen LogP contribution in [0.5, 0.6) is 5.75 Å². The van der Waals surface area contributed by atoms with Gasteiger partial charge in [0, 0.05) is 24.0 Å². The molecule has 3 heterocycles. The van der Waals surface area contributed by atoms with E-state index in [4.69, 9.17) is 14.7 Å². The number of benzene rings is 1. The quantitative estimate of drug-likeness (QED) is 0.683. The second-order valence-electron chi connectivity index (χ2n) is 7.35. The van der Waals surface area contributed by atoms with E-state index in [1.807, 2.05) is 0 Å². The van der Waals surface area contributed by atoms with Gasteiger partial charge < -0.3 is 9.64 Å². The van der Waals surface area contributed by atoms with Gasteiger partial charge in [-0.2, -0.15) is 0 Å². The molecule has 3 aromatic rings. The standard InChI is InChI=1S/C23H25N3O/c1-15-12-16(2)22(21(13-15)27-4)20-10-8-17-7-9-19(24-23(17)25-20)18-6-5-11-26(3)14-18/h6-10,12-13H,5,11,14H2,1-4H3. The largest absolute Gasteiger partial charge is 0.496 e. The Kier molecular flexibility index (Phi) is 4.66. The maximum atomic E-state index is 5.63. The lowest BCUT2D eigenvalue weighted by Crippen LogP contribution is -2.25. The van der Waals surface area contributed by atoms with E-state index in [9.17, 15) is 0 Å². The highest BCUT2D eigenvalue weighted by atomic mass is 16.5. The zero-order valence-corrected chi connectivity index (χ0v) is 16.4. The Balaban J connectivity index is 1.82. The predicted octanol–water partition coefficient (Wildman–Crippen LogP) is 4.64. The van der Waals surface area contributed by atoms with Crippen LogP contribution in [0.1, 0.15) is 23.2 Å². The Morgan fingerprint density at radius 3 is 2.48 bits per heavy atom. The van der Waals surface area contributed by atoms with Crippen LogP contribution >= 0.6 is 0 Å². The number of fused-ring (bicyclic) bond motifs is 1. The molecule has 0 amide bonds. The Bertz CT molecular complexity index is 1040. The predicted molar refractivity (Wildman–Crippen MR) is 111 cm³/mol. The van der Waals surface area contributed by atoms with E-state index in [1.54, 1.807) is 7.11 Å². The van der Waals surface area contributed by atoms with Gasteiger partial charge in [0.05, 0.1) is 18.5 Å². The summed E-state index contributed by atoms with van der Waals surface area (Å²) in [5, 5.41) is 1.05. The molecular weight excluding hydrogens is 334 g/mol. The van der Waals surface area contributed by atoms with Gasteiger partial charge in [-0.1, -0.05) is 12.1 Å². The summed E-state index contributed by atoms with van der Waals surface area (Å²) >= 11 is 0. The van der Waals surface area contributed by atoms with Crippen LogP contribution in [0.2, 0.25) is 0 Å². The van der Waals surface area contributed by atoms with Crippen molar-refractivity contribution in [1.29, 1.82) is 0 Å². The topological polar surface area (TPSA) is 38.2 Å². The number of aromatic nitrogens is 2. The van der Waals surface area contributed by atoms with E-state index >= 15 is 0 Å². The molecule has 0 bridgehead atoms. The highest BCUT2D eigenvalue weighted by Crippen LogP contribution is 2.34. The minimum Gasteiger partial charge on any atom is -0.496 e. The van der Waals surface area contributed by atoms with E-state index in [0.29, 0.717) is 0 Å². The molecule has 0 radical (unpaired) electrons. The lowest BCUT2D eigenvalue weighted by atomic mass is 10.0. The molecule has 0 aliphatic carbocycles. The molecule has 4 heteroatoms. The first kappa shape index (κ1) is 17.7. The first-order chi connectivity index (χ1) is 13.0. The number of hydrogen-bond donors (Lipinski definition) is 0. The molecule has 0 atom stereocenters. The van der Waals surface area contributed by atoms with E-state index in [0.717, 1.165) is 58.8 Å². The molecular formula is C23H25N3O. The molecule has 0 saturated carbocycles. The van der Waals surface area contributed by atoms with Gasteiger partial charge in [-0.15, -0.1) is 0 Å². The molecule has 1 aliphatic heterocycles. The van der Waals surface area contributed by atoms with E-state index in [2.05, 4.69) is 68.3 Å². The van der Waals surface area contributed by atoms with Gasteiger partial charge in [0.2, 0.25) is 0 Å². The summed E-state index contributed by atoms with van der Waals surface area (Å²) in [5.41, 5.74) is 7.36. The fraction of sp³-hybridized carbons (Fsp3) is 0.304. The summed E-state index contributed by atoms with van der Waals surface area (Å²) in [7, 11) is 3.86. The third-order valence-electron chi connectivity index (χ3n) is 5.14. The molecule has 0 saturated heterocycles. The van der Waals surface area contributed by atoms with Crippen molar-refractivity contribution in [2.45, 2.75) is 20.3 Å². The number of aryl methyl sites for hydroxylation is 2. The van der Waals surface area contributed by atoms with Gasteiger partial charge in [-0.25, -0.2) is 9.97 Å². The molecule has 0 N–H and O–H groups in total. The van der Waals surface area contributed by atoms with Crippen molar-refractivity contribution in [2.75, 3.05) is 27.2 Å². The Morgan fingerprint density at radius 2 is 1.74 bits per heavy atom. The van der Waals surface area contributed by atoms with Crippen LogP contribution in [0.3, 0.4) is 0 Å². The van der Waals surface area contributed by atoms with Crippen LogP contribution in [0.25, 0.3) is 27.9 Å². The Hall–Kier alpha value is -2.72. The van der Waals surface area contributed by atoms with Crippen LogP contribution in [0, 0.1) is 13.8 Å². The maximum Gasteiger partial charge on any atom is 0.160 e. The molecule has 4 rings (SSSR count).